The van der Waals surface area contributed by atoms with Crippen molar-refractivity contribution in [1.29, 1.82) is 0 Å². The van der Waals surface area contributed by atoms with Crippen LogP contribution in [0.15, 0.2) is 65.6 Å². The third-order valence-electron chi connectivity index (χ3n) is 5.06. The first-order valence-electron chi connectivity index (χ1n) is 10.1. The molecule has 3 aromatic carbocycles. The van der Waals surface area contributed by atoms with Crippen LogP contribution in [0.25, 0.3) is 0 Å². The quantitative estimate of drug-likeness (QED) is 0.467. The summed E-state index contributed by atoms with van der Waals surface area (Å²) in [6.07, 6.45) is 0. The normalized spacial score (nSPS) is 12.0. The smallest absolute Gasteiger partial charge is 0.261 e. The van der Waals surface area contributed by atoms with E-state index in [1.54, 1.807) is 38.5 Å². The van der Waals surface area contributed by atoms with Gasteiger partial charge in [0.1, 0.15) is 0 Å². The first-order valence-corrected chi connectivity index (χ1v) is 11.9. The largest absolute Gasteiger partial charge is 0.493 e. The Bertz CT molecular complexity index is 1260. The number of hydrogen-bond acceptors (Lipinski definition) is 5. The van der Waals surface area contributed by atoms with Crippen molar-refractivity contribution in [3.05, 3.63) is 82.4 Å². The number of halogens is 1. The molecule has 0 aliphatic rings. The maximum absolute atomic E-state index is 12.7. The van der Waals surface area contributed by atoms with Gasteiger partial charge in [0.05, 0.1) is 35.9 Å². The monoisotopic (exact) mass is 488 g/mol. The van der Waals surface area contributed by atoms with Crippen molar-refractivity contribution in [3.8, 4) is 11.5 Å². The lowest BCUT2D eigenvalue weighted by molar-refractivity contribution is 0.0940. The van der Waals surface area contributed by atoms with Crippen LogP contribution in [-0.4, -0.2) is 28.5 Å². The zero-order valence-electron chi connectivity index (χ0n) is 18.7. The van der Waals surface area contributed by atoms with Gasteiger partial charge in [0.2, 0.25) is 0 Å². The van der Waals surface area contributed by atoms with Gasteiger partial charge < -0.3 is 14.8 Å². The molecule has 0 aromatic heterocycles. The SMILES string of the molecule is COc1ccc([C@H](C)NC(=O)c2ccc(NS(=O)(=O)c3ccc(C)cc3)c(Cl)c2)cc1OC. The van der Waals surface area contributed by atoms with Gasteiger partial charge in [-0.15, -0.1) is 0 Å². The van der Waals surface area contributed by atoms with Crippen molar-refractivity contribution < 1.29 is 22.7 Å². The number of carbonyl (C=O) groups is 1. The average molecular weight is 489 g/mol. The molecule has 0 saturated heterocycles. The van der Waals surface area contributed by atoms with Gasteiger partial charge in [0.25, 0.3) is 15.9 Å². The third-order valence-corrected chi connectivity index (χ3v) is 6.76. The van der Waals surface area contributed by atoms with Gasteiger partial charge in [0, 0.05) is 5.56 Å². The van der Waals surface area contributed by atoms with Crippen LogP contribution in [0.3, 0.4) is 0 Å². The summed E-state index contributed by atoms with van der Waals surface area (Å²) in [5.41, 5.74) is 2.26. The molecule has 0 saturated carbocycles. The number of rotatable bonds is 8. The van der Waals surface area contributed by atoms with Crippen molar-refractivity contribution >= 4 is 33.2 Å². The fraction of sp³-hybridized carbons (Fsp3) is 0.208. The summed E-state index contributed by atoms with van der Waals surface area (Å²) in [7, 11) is -0.714. The second-order valence-electron chi connectivity index (χ2n) is 7.42. The van der Waals surface area contributed by atoms with E-state index in [-0.39, 0.29) is 27.6 Å². The van der Waals surface area contributed by atoms with E-state index in [1.165, 1.54) is 30.3 Å². The molecular weight excluding hydrogens is 464 g/mol. The first kappa shape index (κ1) is 24.4. The van der Waals surface area contributed by atoms with Crippen molar-refractivity contribution in [2.45, 2.75) is 24.8 Å². The molecule has 7 nitrogen and oxygen atoms in total. The summed E-state index contributed by atoms with van der Waals surface area (Å²) in [5, 5.41) is 3.00. The van der Waals surface area contributed by atoms with Crippen molar-refractivity contribution in [2.75, 3.05) is 18.9 Å². The topological polar surface area (TPSA) is 93.7 Å². The predicted molar refractivity (Wildman–Crippen MR) is 129 cm³/mol. The molecule has 0 radical (unpaired) electrons. The molecule has 0 fully saturated rings. The van der Waals surface area contributed by atoms with Crippen molar-refractivity contribution in [1.82, 2.24) is 5.32 Å². The van der Waals surface area contributed by atoms with Crippen LogP contribution in [0.1, 0.15) is 34.5 Å². The van der Waals surface area contributed by atoms with Crippen LogP contribution in [0, 0.1) is 6.92 Å². The van der Waals surface area contributed by atoms with Crippen molar-refractivity contribution in [3.63, 3.8) is 0 Å². The number of ether oxygens (including phenoxy) is 2. The van der Waals surface area contributed by atoms with Gasteiger partial charge in [-0.25, -0.2) is 8.42 Å². The molecular formula is C24H25ClN2O5S. The number of nitrogens with one attached hydrogen (secondary N) is 2. The van der Waals surface area contributed by atoms with Crippen LogP contribution >= 0.6 is 11.6 Å². The molecule has 3 aromatic rings. The molecule has 0 aliphatic carbocycles. The van der Waals surface area contributed by atoms with Gasteiger partial charge >= 0.3 is 0 Å². The number of anilines is 1. The van der Waals surface area contributed by atoms with Gasteiger partial charge in [0.15, 0.2) is 11.5 Å². The highest BCUT2D eigenvalue weighted by Gasteiger charge is 2.18. The molecule has 0 aliphatic heterocycles. The van der Waals surface area contributed by atoms with E-state index in [0.717, 1.165) is 11.1 Å². The van der Waals surface area contributed by atoms with Crippen LogP contribution in [0.2, 0.25) is 5.02 Å². The molecule has 0 heterocycles. The second kappa shape index (κ2) is 10.1. The first-order chi connectivity index (χ1) is 15.6. The highest BCUT2D eigenvalue weighted by molar-refractivity contribution is 7.92. The summed E-state index contributed by atoms with van der Waals surface area (Å²) in [5.74, 6) is 0.798. The van der Waals surface area contributed by atoms with Crippen LogP contribution in [0.4, 0.5) is 5.69 Å². The number of benzene rings is 3. The maximum Gasteiger partial charge on any atom is 0.261 e. The molecule has 0 unspecified atom stereocenters. The fourth-order valence-electron chi connectivity index (χ4n) is 3.15. The Morgan fingerprint density at radius 3 is 2.21 bits per heavy atom. The Morgan fingerprint density at radius 1 is 0.939 bits per heavy atom. The molecule has 33 heavy (non-hydrogen) atoms. The van der Waals surface area contributed by atoms with E-state index in [2.05, 4.69) is 10.0 Å². The van der Waals surface area contributed by atoms with E-state index in [9.17, 15) is 13.2 Å². The standard InChI is InChI=1S/C24H25ClN2O5S/c1-15-5-9-19(10-6-15)33(29,30)27-21-11-7-18(13-20(21)25)24(28)26-16(2)17-8-12-22(31-3)23(14-17)32-4/h5-14,16,27H,1-4H3,(H,26,28)/t16-/m0/s1. The molecule has 1 amide bonds. The lowest BCUT2D eigenvalue weighted by Crippen LogP contribution is -2.26. The molecule has 9 heteroatoms. The second-order valence-corrected chi connectivity index (χ2v) is 9.51. The van der Waals surface area contributed by atoms with Gasteiger partial charge in [-0.2, -0.15) is 0 Å². The molecule has 0 spiro atoms. The van der Waals surface area contributed by atoms with E-state index >= 15 is 0 Å². The number of carbonyl (C=O) groups excluding carboxylic acids is 1. The minimum Gasteiger partial charge on any atom is -0.493 e. The summed E-state index contributed by atoms with van der Waals surface area (Å²) >= 11 is 6.28. The van der Waals surface area contributed by atoms with Crippen LogP contribution in [-0.2, 0) is 10.0 Å². The molecule has 174 valence electrons. The highest BCUT2D eigenvalue weighted by Crippen LogP contribution is 2.30. The Hall–Kier alpha value is -3.23. The van der Waals surface area contributed by atoms with Gasteiger partial charge in [-0.3, -0.25) is 9.52 Å². The Balaban J connectivity index is 1.74. The van der Waals surface area contributed by atoms with E-state index in [0.29, 0.717) is 17.1 Å². The maximum atomic E-state index is 12.7. The minimum absolute atomic E-state index is 0.108. The highest BCUT2D eigenvalue weighted by atomic mass is 35.5. The number of methoxy groups -OCH3 is 2. The van der Waals surface area contributed by atoms with E-state index in [1.807, 2.05) is 19.9 Å². The van der Waals surface area contributed by atoms with E-state index < -0.39 is 10.0 Å². The fourth-order valence-corrected chi connectivity index (χ4v) is 4.51. The third kappa shape index (κ3) is 5.77. The number of sulfonamides is 1. The van der Waals surface area contributed by atoms with Crippen LogP contribution in [0.5, 0.6) is 11.5 Å². The summed E-state index contributed by atoms with van der Waals surface area (Å²) in [4.78, 5) is 12.9. The van der Waals surface area contributed by atoms with Gasteiger partial charge in [-0.05, 0) is 61.9 Å². The Labute approximate surface area is 198 Å². The zero-order valence-corrected chi connectivity index (χ0v) is 20.3. The molecule has 0 bridgehead atoms. The molecule has 3 rings (SSSR count). The number of amides is 1. The van der Waals surface area contributed by atoms with Gasteiger partial charge in [-0.1, -0.05) is 35.4 Å². The van der Waals surface area contributed by atoms with Crippen LogP contribution < -0.4 is 19.5 Å². The Morgan fingerprint density at radius 2 is 1.61 bits per heavy atom. The summed E-state index contributed by atoms with van der Waals surface area (Å²) < 4.78 is 38.2. The molecule has 1 atom stereocenters. The zero-order chi connectivity index (χ0) is 24.2. The lowest BCUT2D eigenvalue weighted by Gasteiger charge is -2.17. The molecule has 2 N–H and O–H groups in total. The Kier molecular flexibility index (Phi) is 7.50. The van der Waals surface area contributed by atoms with Crippen molar-refractivity contribution in [2.24, 2.45) is 0 Å². The predicted octanol–water partition coefficient (Wildman–Crippen LogP) is 4.96. The minimum atomic E-state index is -3.81. The lowest BCUT2D eigenvalue weighted by atomic mass is 10.1. The summed E-state index contributed by atoms with van der Waals surface area (Å²) in [6.45, 7) is 3.71. The summed E-state index contributed by atoms with van der Waals surface area (Å²) in [6, 6.07) is 15.9. The average Bonchev–Trinajstić information content (AvgIpc) is 2.79. The van der Waals surface area contributed by atoms with E-state index in [4.69, 9.17) is 21.1 Å². The number of hydrogen-bond donors (Lipinski definition) is 2. The number of aryl methyl sites for hydroxylation is 1.